The third kappa shape index (κ3) is 3.70. The molecule has 1 atom stereocenters. The molecule has 0 aliphatic rings. The number of aliphatic hydroxyl groups excluding tert-OH is 1. The molecule has 1 amide bonds. The highest BCUT2D eigenvalue weighted by Crippen LogP contribution is 2.18. The molecule has 0 aliphatic heterocycles. The molecule has 2 rings (SSSR count). The summed E-state index contributed by atoms with van der Waals surface area (Å²) in [5, 5.41) is 13.0. The number of amides is 1. The number of rotatable bonds is 4. The summed E-state index contributed by atoms with van der Waals surface area (Å²) in [6, 6.07) is 10.4. The Morgan fingerprint density at radius 2 is 2.00 bits per heavy atom. The minimum Gasteiger partial charge on any atom is -0.387 e. The average Bonchev–Trinajstić information content (AvgIpc) is 2.47. The number of aromatic nitrogens is 1. The van der Waals surface area contributed by atoms with Crippen LogP contribution in [0.5, 0.6) is 0 Å². The lowest BCUT2D eigenvalue weighted by atomic mass is 10.1. The Bertz CT molecular complexity index is 605. The van der Waals surface area contributed by atoms with E-state index in [2.05, 4.69) is 10.3 Å². The summed E-state index contributed by atoms with van der Waals surface area (Å²) < 4.78 is 0. The van der Waals surface area contributed by atoms with Crippen LogP contribution in [0.2, 0.25) is 10.2 Å². The van der Waals surface area contributed by atoms with Gasteiger partial charge < -0.3 is 10.4 Å². The van der Waals surface area contributed by atoms with Gasteiger partial charge in [0.2, 0.25) is 0 Å². The SMILES string of the molecule is O=C(NCC(O)c1ccccc1)c1cc(Cl)ncc1Cl. The predicted octanol–water partition coefficient (Wildman–Crippen LogP) is 2.85. The van der Waals surface area contributed by atoms with Crippen molar-refractivity contribution in [3.63, 3.8) is 0 Å². The van der Waals surface area contributed by atoms with Crippen LogP contribution in [-0.2, 0) is 0 Å². The molecular weight excluding hydrogens is 299 g/mol. The first-order valence-corrected chi connectivity index (χ1v) is 6.66. The van der Waals surface area contributed by atoms with Crippen molar-refractivity contribution in [2.24, 2.45) is 0 Å². The van der Waals surface area contributed by atoms with Crippen LogP contribution in [0.3, 0.4) is 0 Å². The van der Waals surface area contributed by atoms with E-state index in [9.17, 15) is 9.90 Å². The molecule has 0 spiro atoms. The Morgan fingerprint density at radius 3 is 2.70 bits per heavy atom. The number of halogens is 2. The Balaban J connectivity index is 2.00. The number of carbonyl (C=O) groups excluding carboxylic acids is 1. The van der Waals surface area contributed by atoms with Crippen molar-refractivity contribution in [3.05, 3.63) is 63.9 Å². The molecule has 0 aliphatic carbocycles. The van der Waals surface area contributed by atoms with Crippen LogP contribution in [0.1, 0.15) is 22.0 Å². The summed E-state index contributed by atoms with van der Waals surface area (Å²) >= 11 is 11.6. The minimum atomic E-state index is -0.781. The molecule has 2 aromatic rings. The van der Waals surface area contributed by atoms with Crippen LogP contribution in [0, 0.1) is 0 Å². The van der Waals surface area contributed by atoms with Gasteiger partial charge in [0.05, 0.1) is 16.7 Å². The Morgan fingerprint density at radius 1 is 1.30 bits per heavy atom. The summed E-state index contributed by atoms with van der Waals surface area (Å²) in [6.07, 6.45) is 0.531. The van der Waals surface area contributed by atoms with Crippen molar-refractivity contribution in [1.82, 2.24) is 10.3 Å². The Labute approximate surface area is 126 Å². The molecule has 0 saturated heterocycles. The fourth-order valence-corrected chi connectivity index (χ4v) is 2.01. The Kier molecular flexibility index (Phi) is 4.95. The standard InChI is InChI=1S/C14H12Cl2N2O2/c15-11-7-17-13(16)6-10(11)14(20)18-8-12(19)9-4-2-1-3-5-9/h1-7,12,19H,8H2,(H,18,20). The molecule has 0 saturated carbocycles. The zero-order valence-corrected chi connectivity index (χ0v) is 11.9. The number of benzene rings is 1. The zero-order chi connectivity index (χ0) is 14.5. The van der Waals surface area contributed by atoms with E-state index in [1.54, 1.807) is 12.1 Å². The first-order chi connectivity index (χ1) is 9.58. The van der Waals surface area contributed by atoms with Gasteiger partial charge in [-0.3, -0.25) is 4.79 Å². The number of hydrogen-bond donors (Lipinski definition) is 2. The highest BCUT2D eigenvalue weighted by atomic mass is 35.5. The van der Waals surface area contributed by atoms with E-state index in [1.165, 1.54) is 12.3 Å². The fourth-order valence-electron chi connectivity index (χ4n) is 1.66. The maximum absolute atomic E-state index is 12.0. The molecule has 104 valence electrons. The summed E-state index contributed by atoms with van der Waals surface area (Å²) in [5.41, 5.74) is 0.957. The number of pyridine rings is 1. The molecule has 20 heavy (non-hydrogen) atoms. The lowest BCUT2D eigenvalue weighted by Gasteiger charge is -2.12. The van der Waals surface area contributed by atoms with Crippen LogP contribution >= 0.6 is 23.2 Å². The largest absolute Gasteiger partial charge is 0.387 e. The van der Waals surface area contributed by atoms with Gasteiger partial charge in [-0.15, -0.1) is 0 Å². The second-order valence-electron chi connectivity index (χ2n) is 4.12. The minimum absolute atomic E-state index is 0.0825. The van der Waals surface area contributed by atoms with Crippen molar-refractivity contribution in [1.29, 1.82) is 0 Å². The van der Waals surface area contributed by atoms with E-state index < -0.39 is 12.0 Å². The van der Waals surface area contributed by atoms with Gasteiger partial charge in [0.15, 0.2) is 0 Å². The number of aliphatic hydroxyl groups is 1. The normalized spacial score (nSPS) is 11.9. The predicted molar refractivity (Wildman–Crippen MR) is 78.0 cm³/mol. The van der Waals surface area contributed by atoms with Gasteiger partial charge in [-0.05, 0) is 11.6 Å². The van der Waals surface area contributed by atoms with Gasteiger partial charge in [0.1, 0.15) is 5.15 Å². The third-order valence-corrected chi connectivity index (χ3v) is 3.21. The lowest BCUT2D eigenvalue weighted by molar-refractivity contribution is 0.0916. The molecule has 2 N–H and O–H groups in total. The van der Waals surface area contributed by atoms with Gasteiger partial charge in [0.25, 0.3) is 5.91 Å². The van der Waals surface area contributed by atoms with Gasteiger partial charge in [-0.25, -0.2) is 4.98 Å². The molecule has 1 heterocycles. The van der Waals surface area contributed by atoms with Crippen LogP contribution in [0.15, 0.2) is 42.6 Å². The summed E-state index contributed by atoms with van der Waals surface area (Å²) in [6.45, 7) is 0.0825. The quantitative estimate of drug-likeness (QED) is 0.854. The van der Waals surface area contributed by atoms with E-state index >= 15 is 0 Å². The van der Waals surface area contributed by atoms with Gasteiger partial charge in [-0.2, -0.15) is 0 Å². The van der Waals surface area contributed by atoms with Gasteiger partial charge in [-0.1, -0.05) is 53.5 Å². The second kappa shape index (κ2) is 6.70. The number of nitrogens with one attached hydrogen (secondary N) is 1. The van der Waals surface area contributed by atoms with Crippen molar-refractivity contribution in [2.75, 3.05) is 6.54 Å². The molecular formula is C14H12Cl2N2O2. The molecule has 0 bridgehead atoms. The van der Waals surface area contributed by atoms with Crippen LogP contribution in [0.4, 0.5) is 0 Å². The molecule has 6 heteroatoms. The topological polar surface area (TPSA) is 62.2 Å². The molecule has 1 aromatic heterocycles. The van der Waals surface area contributed by atoms with E-state index in [0.717, 1.165) is 5.56 Å². The Hall–Kier alpha value is -1.62. The maximum atomic E-state index is 12.0. The summed E-state index contributed by atoms with van der Waals surface area (Å²) in [7, 11) is 0. The van der Waals surface area contributed by atoms with Gasteiger partial charge >= 0.3 is 0 Å². The second-order valence-corrected chi connectivity index (χ2v) is 4.92. The average molecular weight is 311 g/mol. The van der Waals surface area contributed by atoms with E-state index in [4.69, 9.17) is 23.2 Å². The lowest BCUT2D eigenvalue weighted by Crippen LogP contribution is -2.28. The highest BCUT2D eigenvalue weighted by molar-refractivity contribution is 6.35. The van der Waals surface area contributed by atoms with E-state index in [0.29, 0.717) is 0 Å². The molecule has 1 aromatic carbocycles. The van der Waals surface area contributed by atoms with E-state index in [-0.39, 0.29) is 22.3 Å². The van der Waals surface area contributed by atoms with E-state index in [1.807, 2.05) is 18.2 Å². The molecule has 0 radical (unpaired) electrons. The first kappa shape index (κ1) is 14.8. The molecule has 0 fully saturated rings. The zero-order valence-electron chi connectivity index (χ0n) is 10.4. The highest BCUT2D eigenvalue weighted by Gasteiger charge is 2.14. The van der Waals surface area contributed by atoms with Crippen LogP contribution < -0.4 is 5.32 Å². The fraction of sp³-hybridized carbons (Fsp3) is 0.143. The smallest absolute Gasteiger partial charge is 0.253 e. The first-order valence-electron chi connectivity index (χ1n) is 5.90. The number of nitrogens with zero attached hydrogens (tertiary/aromatic N) is 1. The maximum Gasteiger partial charge on any atom is 0.253 e. The monoisotopic (exact) mass is 310 g/mol. The van der Waals surface area contributed by atoms with Crippen molar-refractivity contribution >= 4 is 29.1 Å². The van der Waals surface area contributed by atoms with Crippen LogP contribution in [0.25, 0.3) is 0 Å². The molecule has 1 unspecified atom stereocenters. The van der Waals surface area contributed by atoms with Crippen molar-refractivity contribution in [3.8, 4) is 0 Å². The number of hydrogen-bond acceptors (Lipinski definition) is 3. The third-order valence-electron chi connectivity index (χ3n) is 2.71. The van der Waals surface area contributed by atoms with Crippen molar-refractivity contribution < 1.29 is 9.90 Å². The summed E-state index contributed by atoms with van der Waals surface area (Å²) in [5.74, 6) is -0.408. The summed E-state index contributed by atoms with van der Waals surface area (Å²) in [4.78, 5) is 15.7. The number of carbonyl (C=O) groups is 1. The molecule has 4 nitrogen and oxygen atoms in total. The van der Waals surface area contributed by atoms with Crippen LogP contribution in [-0.4, -0.2) is 22.5 Å². The van der Waals surface area contributed by atoms with Gasteiger partial charge in [0, 0.05) is 12.7 Å². The van der Waals surface area contributed by atoms with Crippen molar-refractivity contribution in [2.45, 2.75) is 6.10 Å².